The average Bonchev–Trinajstić information content (AvgIpc) is 3.01. The first kappa shape index (κ1) is 8.82. The lowest BCUT2D eigenvalue weighted by Gasteiger charge is -2.45. The van der Waals surface area contributed by atoms with Gasteiger partial charge in [0.15, 0.2) is 0 Å². The van der Waals surface area contributed by atoms with E-state index < -0.39 is 0 Å². The Hall–Kier alpha value is -1.26. The topological polar surface area (TPSA) is 48.9 Å². The lowest BCUT2D eigenvalue weighted by Crippen LogP contribution is -2.51. The normalized spacial score (nSPS) is 63.2. The molecule has 0 radical (unpaired) electrons. The zero-order valence-corrected chi connectivity index (χ0v) is 10.7. The monoisotopic (exact) mass is 257 g/mol. The van der Waals surface area contributed by atoms with Crippen LogP contribution >= 0.6 is 0 Å². The van der Waals surface area contributed by atoms with Crippen LogP contribution in [-0.2, 0) is 7.05 Å². The Morgan fingerprint density at radius 2 is 1.47 bits per heavy atom. The van der Waals surface area contributed by atoms with Crippen LogP contribution in [0.2, 0.25) is 0 Å². The van der Waals surface area contributed by atoms with Crippen molar-refractivity contribution in [2.75, 3.05) is 0 Å². The highest BCUT2D eigenvalue weighted by atomic mass is 16.2. The van der Waals surface area contributed by atoms with E-state index in [1.54, 1.807) is 7.05 Å². The SMILES string of the molecule is Cn1c(=O)n2n(c1=O)[C@@H]1[C@H]3C4C5[C@@]6(CCC[C@@]516)[C@@H]2[C@@H]43. The number of hydrogen-bond donors (Lipinski definition) is 0. The van der Waals surface area contributed by atoms with Crippen LogP contribution in [0.4, 0.5) is 0 Å². The molecule has 5 heteroatoms. The molecular formula is C14H15N3O2. The van der Waals surface area contributed by atoms with Crippen LogP contribution in [0.1, 0.15) is 31.3 Å². The molecule has 7 aliphatic rings. The van der Waals surface area contributed by atoms with Gasteiger partial charge in [0.2, 0.25) is 0 Å². The van der Waals surface area contributed by atoms with E-state index in [0.29, 0.717) is 22.9 Å². The molecule has 1 aromatic heterocycles. The van der Waals surface area contributed by atoms with E-state index in [4.69, 9.17) is 0 Å². The van der Waals surface area contributed by atoms with Crippen LogP contribution in [0.3, 0.4) is 0 Å². The Labute approximate surface area is 108 Å². The van der Waals surface area contributed by atoms with Crippen molar-refractivity contribution >= 4 is 0 Å². The van der Waals surface area contributed by atoms with Crippen molar-refractivity contribution in [3.8, 4) is 0 Å². The smallest absolute Gasteiger partial charge is 0.246 e. The second-order valence-electron chi connectivity index (χ2n) is 7.85. The summed E-state index contributed by atoms with van der Waals surface area (Å²) in [6, 6.07) is 0.753. The third-order valence-electron chi connectivity index (χ3n) is 8.16. The maximum atomic E-state index is 12.4. The van der Waals surface area contributed by atoms with Crippen molar-refractivity contribution in [1.29, 1.82) is 0 Å². The van der Waals surface area contributed by atoms with Gasteiger partial charge in [-0.05, 0) is 36.5 Å². The molecule has 5 nitrogen and oxygen atoms in total. The first-order valence-corrected chi connectivity index (χ1v) is 7.58. The Balaban J connectivity index is 1.71. The maximum Gasteiger partial charge on any atom is 0.347 e. The highest BCUT2D eigenvalue weighted by Crippen LogP contribution is 3.05. The first-order valence-electron chi connectivity index (χ1n) is 7.58. The lowest BCUT2D eigenvalue weighted by molar-refractivity contribution is 0.0178. The summed E-state index contributed by atoms with van der Waals surface area (Å²) >= 11 is 0. The van der Waals surface area contributed by atoms with Crippen LogP contribution < -0.4 is 11.4 Å². The minimum atomic E-state index is -0.0634. The standard InChI is InChI=1S/C14H15N3O2/c1-15-11(18)16-9-6-5-7(6)10(17(16)12(15)19)14-4-2-3-13(9,14)8(5)14/h5-10H,2-4H2,1H3/t5?,6-,7-,8?,9-,10+,13-,14+/m0/s1. The molecule has 0 amide bonds. The van der Waals surface area contributed by atoms with Gasteiger partial charge in [0.25, 0.3) is 0 Å². The van der Waals surface area contributed by atoms with Gasteiger partial charge in [-0.3, -0.25) is 0 Å². The van der Waals surface area contributed by atoms with Gasteiger partial charge in [-0.2, -0.15) is 0 Å². The molecule has 98 valence electrons. The fourth-order valence-corrected chi connectivity index (χ4v) is 8.24. The van der Waals surface area contributed by atoms with E-state index in [1.165, 1.54) is 23.8 Å². The van der Waals surface area contributed by atoms with Gasteiger partial charge in [0, 0.05) is 17.9 Å². The molecule has 2 aliphatic heterocycles. The molecule has 8 atom stereocenters. The summed E-state index contributed by atoms with van der Waals surface area (Å²) in [6.07, 6.45) is 3.94. The van der Waals surface area contributed by atoms with Crippen molar-refractivity contribution in [3.05, 3.63) is 21.0 Å². The van der Waals surface area contributed by atoms with Gasteiger partial charge in [0.05, 0.1) is 12.1 Å². The van der Waals surface area contributed by atoms with Crippen LogP contribution in [0, 0.1) is 34.5 Å². The van der Waals surface area contributed by atoms with Gasteiger partial charge < -0.3 is 0 Å². The average molecular weight is 257 g/mol. The summed E-state index contributed by atoms with van der Waals surface area (Å²) in [6.45, 7) is 0. The van der Waals surface area contributed by atoms with Gasteiger partial charge in [-0.1, -0.05) is 6.42 Å². The Kier molecular flexibility index (Phi) is 0.881. The van der Waals surface area contributed by atoms with Gasteiger partial charge in [-0.15, -0.1) is 0 Å². The molecule has 0 aromatic carbocycles. The molecule has 8 rings (SSSR count). The summed E-state index contributed by atoms with van der Waals surface area (Å²) in [5, 5.41) is 0. The summed E-state index contributed by atoms with van der Waals surface area (Å²) in [5.74, 6) is 3.23. The van der Waals surface area contributed by atoms with Crippen LogP contribution in [-0.4, -0.2) is 13.9 Å². The molecule has 3 heterocycles. The molecule has 0 saturated heterocycles. The van der Waals surface area contributed by atoms with E-state index in [2.05, 4.69) is 0 Å². The molecule has 5 aliphatic carbocycles. The minimum Gasteiger partial charge on any atom is -0.246 e. The summed E-state index contributed by atoms with van der Waals surface area (Å²) < 4.78 is 5.11. The summed E-state index contributed by atoms with van der Waals surface area (Å²) in [5.41, 5.74) is 0.761. The Morgan fingerprint density at radius 1 is 0.947 bits per heavy atom. The van der Waals surface area contributed by atoms with E-state index in [0.717, 1.165) is 23.7 Å². The van der Waals surface area contributed by atoms with E-state index in [-0.39, 0.29) is 11.4 Å². The lowest BCUT2D eigenvalue weighted by atomic mass is 9.73. The van der Waals surface area contributed by atoms with Crippen LogP contribution in [0.5, 0.6) is 0 Å². The van der Waals surface area contributed by atoms with Crippen LogP contribution in [0.15, 0.2) is 9.59 Å². The van der Waals surface area contributed by atoms with Gasteiger partial charge in [0.1, 0.15) is 0 Å². The Morgan fingerprint density at radius 3 is 2.00 bits per heavy atom. The highest BCUT2D eigenvalue weighted by Gasteiger charge is 3.03. The van der Waals surface area contributed by atoms with Crippen molar-refractivity contribution in [2.45, 2.75) is 31.3 Å². The fraction of sp³-hybridized carbons (Fsp3) is 0.857. The molecule has 2 unspecified atom stereocenters. The maximum absolute atomic E-state index is 12.4. The van der Waals surface area contributed by atoms with Gasteiger partial charge in [-0.25, -0.2) is 23.5 Å². The third kappa shape index (κ3) is 0.472. The van der Waals surface area contributed by atoms with E-state index >= 15 is 0 Å². The fourth-order valence-electron chi connectivity index (χ4n) is 8.24. The summed E-state index contributed by atoms with van der Waals surface area (Å²) in [4.78, 5) is 24.9. The number of aromatic nitrogens is 3. The predicted molar refractivity (Wildman–Crippen MR) is 64.7 cm³/mol. The van der Waals surface area contributed by atoms with Crippen molar-refractivity contribution in [1.82, 2.24) is 13.9 Å². The zero-order chi connectivity index (χ0) is 12.5. The number of hydrogen-bond acceptors (Lipinski definition) is 2. The van der Waals surface area contributed by atoms with Crippen molar-refractivity contribution < 1.29 is 0 Å². The summed E-state index contributed by atoms with van der Waals surface area (Å²) in [7, 11) is 1.64. The number of rotatable bonds is 0. The van der Waals surface area contributed by atoms with E-state index in [1.807, 2.05) is 9.36 Å². The van der Waals surface area contributed by atoms with Crippen molar-refractivity contribution in [2.24, 2.45) is 41.5 Å². The second-order valence-corrected chi connectivity index (χ2v) is 7.85. The third-order valence-corrected chi connectivity index (χ3v) is 8.16. The second kappa shape index (κ2) is 1.90. The van der Waals surface area contributed by atoms with E-state index in [9.17, 15) is 9.59 Å². The minimum absolute atomic E-state index is 0.0634. The Bertz CT molecular complexity index is 767. The zero-order valence-electron chi connectivity index (χ0n) is 10.7. The quantitative estimate of drug-likeness (QED) is 0.663. The molecule has 2 bridgehead atoms. The highest BCUT2D eigenvalue weighted by molar-refractivity contribution is 5.49. The molecule has 2 spiro atoms. The molecular weight excluding hydrogens is 242 g/mol. The van der Waals surface area contributed by atoms with Gasteiger partial charge >= 0.3 is 11.4 Å². The predicted octanol–water partition coefficient (Wildman–Crippen LogP) is 0.120. The molecule has 5 saturated carbocycles. The molecule has 0 N–H and O–H groups in total. The van der Waals surface area contributed by atoms with Crippen molar-refractivity contribution in [3.63, 3.8) is 0 Å². The largest absolute Gasteiger partial charge is 0.347 e. The molecule has 5 fully saturated rings. The molecule has 1 aromatic rings. The van der Waals surface area contributed by atoms with Crippen LogP contribution in [0.25, 0.3) is 0 Å². The first-order chi connectivity index (χ1) is 9.18. The number of nitrogens with zero attached hydrogens (tertiary/aromatic N) is 3. The molecule has 19 heavy (non-hydrogen) atoms.